The lowest BCUT2D eigenvalue weighted by Crippen LogP contribution is -2.10. The molecule has 0 N–H and O–H groups in total. The van der Waals surface area contributed by atoms with Crippen molar-refractivity contribution in [1.82, 2.24) is 0 Å². The topological polar surface area (TPSA) is 61.8 Å². The predicted octanol–water partition coefficient (Wildman–Crippen LogP) is 5.13. The summed E-state index contributed by atoms with van der Waals surface area (Å²) in [5.41, 5.74) is 2.77. The molecule has 3 aromatic carbocycles. The van der Waals surface area contributed by atoms with Crippen LogP contribution in [0.1, 0.15) is 31.8 Å². The van der Waals surface area contributed by atoms with Crippen LogP contribution < -0.4 is 14.2 Å². The number of rotatable bonds is 7. The van der Waals surface area contributed by atoms with Crippen molar-refractivity contribution in [3.63, 3.8) is 0 Å². The van der Waals surface area contributed by atoms with Crippen LogP contribution in [-0.4, -0.2) is 26.0 Å². The van der Waals surface area contributed by atoms with E-state index in [2.05, 4.69) is 0 Å². The average Bonchev–Trinajstić information content (AvgIpc) is 2.78. The Morgan fingerprint density at radius 3 is 2.20 bits per heavy atom. The number of benzene rings is 3. The van der Waals surface area contributed by atoms with Gasteiger partial charge in [-0.05, 0) is 42.8 Å². The predicted molar refractivity (Wildman–Crippen MR) is 115 cm³/mol. The molecule has 5 nitrogen and oxygen atoms in total. The Balaban J connectivity index is 1.77. The van der Waals surface area contributed by atoms with Crippen molar-refractivity contribution in [1.29, 1.82) is 0 Å². The Hall–Kier alpha value is -3.86. The molecule has 0 amide bonds. The molecule has 5 heteroatoms. The van der Waals surface area contributed by atoms with Gasteiger partial charge < -0.3 is 14.2 Å². The molecule has 0 radical (unpaired) electrons. The number of esters is 1. The Labute approximate surface area is 175 Å². The van der Waals surface area contributed by atoms with E-state index in [1.807, 2.05) is 19.1 Å². The SMILES string of the molecule is COc1cc(/C=C/C(=O)c2ccc(C)cc2)ccc1OC(=O)c1ccccc1OC. The molecule has 3 aromatic rings. The molecule has 0 saturated carbocycles. The van der Waals surface area contributed by atoms with Crippen LogP contribution in [0, 0.1) is 6.92 Å². The van der Waals surface area contributed by atoms with Crippen LogP contribution >= 0.6 is 0 Å². The van der Waals surface area contributed by atoms with E-state index in [9.17, 15) is 9.59 Å². The van der Waals surface area contributed by atoms with E-state index < -0.39 is 5.97 Å². The van der Waals surface area contributed by atoms with Crippen LogP contribution in [-0.2, 0) is 0 Å². The van der Waals surface area contributed by atoms with Gasteiger partial charge in [0.25, 0.3) is 0 Å². The molecule has 0 unspecified atom stereocenters. The lowest BCUT2D eigenvalue weighted by atomic mass is 10.1. The summed E-state index contributed by atoms with van der Waals surface area (Å²) in [7, 11) is 2.98. The number of hydrogen-bond acceptors (Lipinski definition) is 5. The molecule has 0 heterocycles. The molecule has 0 aliphatic carbocycles. The lowest BCUT2D eigenvalue weighted by Gasteiger charge is -2.11. The fraction of sp³-hybridized carbons (Fsp3) is 0.120. The van der Waals surface area contributed by atoms with Crippen molar-refractivity contribution >= 4 is 17.8 Å². The standard InChI is InChI=1S/C25H22O5/c1-17-8-12-19(13-9-17)21(26)14-10-18-11-15-23(24(16-18)29-3)30-25(27)20-6-4-5-7-22(20)28-2/h4-16H,1-3H3/b14-10+. The molecule has 0 aliphatic rings. The lowest BCUT2D eigenvalue weighted by molar-refractivity contribution is 0.0726. The minimum absolute atomic E-state index is 0.0966. The van der Waals surface area contributed by atoms with Crippen LogP contribution in [0.4, 0.5) is 0 Å². The van der Waals surface area contributed by atoms with E-state index >= 15 is 0 Å². The molecule has 3 rings (SSSR count). The highest BCUT2D eigenvalue weighted by Crippen LogP contribution is 2.30. The third-order valence-corrected chi connectivity index (χ3v) is 4.48. The van der Waals surface area contributed by atoms with E-state index in [1.165, 1.54) is 20.3 Å². The fourth-order valence-corrected chi connectivity index (χ4v) is 2.83. The summed E-state index contributed by atoms with van der Waals surface area (Å²) >= 11 is 0. The Morgan fingerprint density at radius 2 is 1.50 bits per heavy atom. The van der Waals surface area contributed by atoms with Crippen molar-refractivity contribution < 1.29 is 23.8 Å². The molecule has 0 bridgehead atoms. The van der Waals surface area contributed by atoms with Crippen molar-refractivity contribution in [2.45, 2.75) is 6.92 Å². The van der Waals surface area contributed by atoms with Crippen molar-refractivity contribution in [2.24, 2.45) is 0 Å². The first-order valence-electron chi connectivity index (χ1n) is 9.34. The number of allylic oxidation sites excluding steroid dienone is 1. The van der Waals surface area contributed by atoms with E-state index in [1.54, 1.807) is 60.7 Å². The van der Waals surface area contributed by atoms with Gasteiger partial charge in [0.15, 0.2) is 17.3 Å². The Morgan fingerprint density at radius 1 is 0.800 bits per heavy atom. The van der Waals surface area contributed by atoms with Crippen molar-refractivity contribution in [2.75, 3.05) is 14.2 Å². The zero-order valence-corrected chi connectivity index (χ0v) is 17.0. The van der Waals surface area contributed by atoms with Gasteiger partial charge in [-0.15, -0.1) is 0 Å². The second-order valence-corrected chi connectivity index (χ2v) is 6.56. The Bertz CT molecular complexity index is 1080. The molecule has 0 aromatic heterocycles. The van der Waals surface area contributed by atoms with Gasteiger partial charge in [0.05, 0.1) is 14.2 Å². The van der Waals surface area contributed by atoms with Gasteiger partial charge in [0.1, 0.15) is 11.3 Å². The third kappa shape index (κ3) is 4.94. The van der Waals surface area contributed by atoms with Crippen molar-refractivity contribution in [3.8, 4) is 17.2 Å². The molecule has 0 spiro atoms. The number of methoxy groups -OCH3 is 2. The molecule has 0 atom stereocenters. The van der Waals surface area contributed by atoms with E-state index in [0.29, 0.717) is 22.6 Å². The first kappa shape index (κ1) is 20.9. The summed E-state index contributed by atoms with van der Waals surface area (Å²) < 4.78 is 16.1. The molecular formula is C25H22O5. The van der Waals surface area contributed by atoms with Crippen molar-refractivity contribution in [3.05, 3.63) is 95.1 Å². The van der Waals surface area contributed by atoms with Crippen LogP contribution in [0.25, 0.3) is 6.08 Å². The van der Waals surface area contributed by atoms with E-state index in [-0.39, 0.29) is 11.5 Å². The van der Waals surface area contributed by atoms with Crippen LogP contribution in [0.15, 0.2) is 72.8 Å². The number of ketones is 1. The second-order valence-electron chi connectivity index (χ2n) is 6.56. The number of para-hydroxylation sites is 1. The maximum Gasteiger partial charge on any atom is 0.347 e. The van der Waals surface area contributed by atoms with Gasteiger partial charge in [-0.25, -0.2) is 4.79 Å². The molecule has 0 fully saturated rings. The maximum absolute atomic E-state index is 12.5. The van der Waals surface area contributed by atoms with Gasteiger partial charge in [-0.2, -0.15) is 0 Å². The maximum atomic E-state index is 12.5. The van der Waals surface area contributed by atoms with Crippen LogP contribution in [0.3, 0.4) is 0 Å². The van der Waals surface area contributed by atoms with Gasteiger partial charge >= 0.3 is 5.97 Å². The number of carbonyl (C=O) groups is 2. The number of ether oxygens (including phenoxy) is 3. The van der Waals surface area contributed by atoms with Gasteiger partial charge in [0.2, 0.25) is 0 Å². The highest BCUT2D eigenvalue weighted by Gasteiger charge is 2.16. The Kier molecular flexibility index (Phi) is 6.65. The van der Waals surface area contributed by atoms with E-state index in [0.717, 1.165) is 11.1 Å². The molecule has 0 aliphatic heterocycles. The smallest absolute Gasteiger partial charge is 0.347 e. The van der Waals surface area contributed by atoms with Gasteiger partial charge in [-0.3, -0.25) is 4.79 Å². The van der Waals surface area contributed by atoms with E-state index in [4.69, 9.17) is 14.2 Å². The third-order valence-electron chi connectivity index (χ3n) is 4.48. The highest BCUT2D eigenvalue weighted by atomic mass is 16.6. The van der Waals surface area contributed by atoms with Crippen LogP contribution in [0.5, 0.6) is 17.2 Å². The van der Waals surface area contributed by atoms with Gasteiger partial charge in [0, 0.05) is 5.56 Å². The summed E-state index contributed by atoms with van der Waals surface area (Å²) in [6.45, 7) is 1.97. The first-order valence-corrected chi connectivity index (χ1v) is 9.34. The van der Waals surface area contributed by atoms with Gasteiger partial charge in [-0.1, -0.05) is 54.1 Å². The largest absolute Gasteiger partial charge is 0.496 e. The normalized spacial score (nSPS) is 10.6. The van der Waals surface area contributed by atoms with Crippen LogP contribution in [0.2, 0.25) is 0 Å². The summed E-state index contributed by atoms with van der Waals surface area (Å²) in [5, 5.41) is 0. The highest BCUT2D eigenvalue weighted by molar-refractivity contribution is 6.06. The fourth-order valence-electron chi connectivity index (χ4n) is 2.83. The number of aryl methyl sites for hydroxylation is 1. The minimum Gasteiger partial charge on any atom is -0.496 e. The summed E-state index contributed by atoms with van der Waals surface area (Å²) in [6.07, 6.45) is 3.19. The minimum atomic E-state index is -0.552. The summed E-state index contributed by atoms with van der Waals surface area (Å²) in [4.78, 5) is 24.8. The first-order chi connectivity index (χ1) is 14.5. The molecular weight excluding hydrogens is 380 g/mol. The molecule has 30 heavy (non-hydrogen) atoms. The molecule has 0 saturated heterocycles. The summed E-state index contributed by atoms with van der Waals surface area (Å²) in [6, 6.07) is 19.3. The monoisotopic (exact) mass is 402 g/mol. The zero-order chi connectivity index (χ0) is 21.5. The zero-order valence-electron chi connectivity index (χ0n) is 17.0. The second kappa shape index (κ2) is 9.56. The summed E-state index contributed by atoms with van der Waals surface area (Å²) in [5.74, 6) is 0.429. The number of carbonyl (C=O) groups excluding carboxylic acids is 2. The number of hydrogen-bond donors (Lipinski definition) is 0. The molecule has 152 valence electrons. The quantitative estimate of drug-likeness (QED) is 0.237. The average molecular weight is 402 g/mol.